The number of fused-ring (bicyclic) bond motifs is 1. The Morgan fingerprint density at radius 2 is 2.04 bits per heavy atom. The summed E-state index contributed by atoms with van der Waals surface area (Å²) in [6, 6.07) is 2.73. The number of nitrogens with one attached hydrogen (secondary N) is 1. The van der Waals surface area contributed by atoms with Gasteiger partial charge in [0.15, 0.2) is 11.6 Å². The molecule has 6 nitrogen and oxygen atoms in total. The number of halogens is 1. The van der Waals surface area contributed by atoms with E-state index in [1.54, 1.807) is 6.92 Å². The predicted molar refractivity (Wildman–Crippen MR) is 90.7 cm³/mol. The van der Waals surface area contributed by atoms with Crippen molar-refractivity contribution in [2.45, 2.75) is 26.2 Å². The van der Waals surface area contributed by atoms with Crippen LogP contribution in [-0.4, -0.2) is 41.7 Å². The summed E-state index contributed by atoms with van der Waals surface area (Å²) < 4.78 is 20.7. The smallest absolute Gasteiger partial charge is 0.307 e. The number of rotatable bonds is 4. The zero-order chi connectivity index (χ0) is 18.1. The molecule has 0 amide bonds. The van der Waals surface area contributed by atoms with Crippen molar-refractivity contribution in [1.29, 1.82) is 0 Å². The van der Waals surface area contributed by atoms with E-state index in [-0.39, 0.29) is 24.0 Å². The number of nitrogens with zero attached hydrogens (tertiary/aromatic N) is 1. The molecule has 7 heteroatoms. The first-order chi connectivity index (χ1) is 11.9. The van der Waals surface area contributed by atoms with Gasteiger partial charge in [-0.25, -0.2) is 4.39 Å². The Labute approximate surface area is 144 Å². The van der Waals surface area contributed by atoms with E-state index in [9.17, 15) is 19.1 Å². The summed E-state index contributed by atoms with van der Waals surface area (Å²) in [6.07, 6.45) is 1.19. The lowest BCUT2D eigenvalue weighted by Gasteiger charge is -2.22. The van der Waals surface area contributed by atoms with Gasteiger partial charge in [-0.05, 0) is 44.5 Å². The molecule has 2 aromatic rings. The minimum absolute atomic E-state index is 0.0330. The SMILES string of the molecule is COc1cc2c(CC(=O)O)c(C)n(C(=O)C3CCNCC3)c2cc1F. The quantitative estimate of drug-likeness (QED) is 0.887. The highest BCUT2D eigenvalue weighted by atomic mass is 19.1. The summed E-state index contributed by atoms with van der Waals surface area (Å²) in [5.41, 5.74) is 1.47. The van der Waals surface area contributed by atoms with Crippen LogP contribution >= 0.6 is 0 Å². The van der Waals surface area contributed by atoms with Crippen molar-refractivity contribution in [2.75, 3.05) is 20.2 Å². The highest BCUT2D eigenvalue weighted by Crippen LogP contribution is 2.33. The maximum atomic E-state index is 14.2. The molecule has 1 fully saturated rings. The van der Waals surface area contributed by atoms with Crippen LogP contribution in [0.5, 0.6) is 5.75 Å². The molecule has 1 saturated heterocycles. The standard InChI is InChI=1S/C18H21FN2O4/c1-10-12(8-17(22)23)13-7-16(25-2)14(19)9-15(13)21(10)18(24)11-3-5-20-6-4-11/h7,9,11,20H,3-6,8H2,1-2H3,(H,22,23). The van der Waals surface area contributed by atoms with E-state index in [4.69, 9.17) is 4.74 Å². The molecule has 0 unspecified atom stereocenters. The number of aliphatic carboxylic acids is 1. The van der Waals surface area contributed by atoms with Crippen molar-refractivity contribution >= 4 is 22.8 Å². The molecule has 1 aromatic carbocycles. The number of hydrogen-bond acceptors (Lipinski definition) is 4. The van der Waals surface area contributed by atoms with Crippen LogP contribution in [-0.2, 0) is 11.2 Å². The van der Waals surface area contributed by atoms with Crippen molar-refractivity contribution in [2.24, 2.45) is 5.92 Å². The van der Waals surface area contributed by atoms with E-state index in [1.807, 2.05) is 0 Å². The first-order valence-electron chi connectivity index (χ1n) is 8.28. The fourth-order valence-corrected chi connectivity index (χ4v) is 3.55. The molecule has 25 heavy (non-hydrogen) atoms. The van der Waals surface area contributed by atoms with Crippen molar-refractivity contribution in [1.82, 2.24) is 9.88 Å². The molecule has 0 aliphatic carbocycles. The number of carboxylic acids is 1. The van der Waals surface area contributed by atoms with Crippen LogP contribution in [0.15, 0.2) is 12.1 Å². The Bertz CT molecular complexity index is 837. The van der Waals surface area contributed by atoms with Crippen molar-refractivity contribution in [3.8, 4) is 5.75 Å². The van der Waals surface area contributed by atoms with Gasteiger partial charge in [0.05, 0.1) is 19.0 Å². The number of hydrogen-bond donors (Lipinski definition) is 2. The number of ether oxygens (including phenoxy) is 1. The van der Waals surface area contributed by atoms with Gasteiger partial charge in [0.2, 0.25) is 5.91 Å². The van der Waals surface area contributed by atoms with Gasteiger partial charge >= 0.3 is 5.97 Å². The van der Waals surface area contributed by atoms with Gasteiger partial charge in [0.25, 0.3) is 0 Å². The van der Waals surface area contributed by atoms with Crippen LogP contribution in [0.3, 0.4) is 0 Å². The molecule has 1 aliphatic heterocycles. The largest absolute Gasteiger partial charge is 0.494 e. The first kappa shape index (κ1) is 17.4. The second kappa shape index (κ2) is 6.84. The summed E-state index contributed by atoms with van der Waals surface area (Å²) in [7, 11) is 1.35. The third kappa shape index (κ3) is 3.11. The second-order valence-electron chi connectivity index (χ2n) is 6.34. The van der Waals surface area contributed by atoms with E-state index < -0.39 is 11.8 Å². The molecule has 1 aliphatic rings. The Hall–Kier alpha value is -2.41. The number of methoxy groups -OCH3 is 1. The van der Waals surface area contributed by atoms with Crippen molar-refractivity contribution < 1.29 is 23.8 Å². The minimum Gasteiger partial charge on any atom is -0.494 e. The average molecular weight is 348 g/mol. The van der Waals surface area contributed by atoms with Crippen molar-refractivity contribution in [3.63, 3.8) is 0 Å². The van der Waals surface area contributed by atoms with E-state index in [0.29, 0.717) is 35.0 Å². The molecule has 0 spiro atoms. The monoisotopic (exact) mass is 348 g/mol. The Morgan fingerprint density at radius 3 is 2.64 bits per heavy atom. The Morgan fingerprint density at radius 1 is 1.36 bits per heavy atom. The summed E-state index contributed by atoms with van der Waals surface area (Å²) >= 11 is 0. The third-order valence-electron chi connectivity index (χ3n) is 4.85. The maximum absolute atomic E-state index is 14.2. The summed E-state index contributed by atoms with van der Waals surface area (Å²) in [5.74, 6) is -1.80. The van der Waals surface area contributed by atoms with Crippen LogP contribution in [0.25, 0.3) is 10.9 Å². The van der Waals surface area contributed by atoms with Gasteiger partial charge in [0.1, 0.15) is 0 Å². The van der Waals surface area contributed by atoms with Crippen LogP contribution in [0.1, 0.15) is 28.9 Å². The number of carbonyl (C=O) groups is 2. The second-order valence-corrected chi connectivity index (χ2v) is 6.34. The Kier molecular flexibility index (Phi) is 4.76. The van der Waals surface area contributed by atoms with Crippen LogP contribution in [0, 0.1) is 18.7 Å². The molecule has 2 heterocycles. The molecule has 0 radical (unpaired) electrons. The molecule has 134 valence electrons. The molecule has 3 rings (SSSR count). The lowest BCUT2D eigenvalue weighted by molar-refractivity contribution is -0.136. The van der Waals surface area contributed by atoms with Gasteiger partial charge in [-0.3, -0.25) is 14.2 Å². The maximum Gasteiger partial charge on any atom is 0.307 e. The molecular weight excluding hydrogens is 327 g/mol. The zero-order valence-electron chi connectivity index (χ0n) is 14.3. The molecule has 0 atom stereocenters. The fourth-order valence-electron chi connectivity index (χ4n) is 3.55. The van der Waals surface area contributed by atoms with E-state index >= 15 is 0 Å². The third-order valence-corrected chi connectivity index (χ3v) is 4.85. The summed E-state index contributed by atoms with van der Waals surface area (Å²) in [6.45, 7) is 3.24. The topological polar surface area (TPSA) is 80.6 Å². The molecule has 0 bridgehead atoms. The average Bonchev–Trinajstić information content (AvgIpc) is 2.85. The van der Waals surface area contributed by atoms with E-state index in [1.165, 1.54) is 23.8 Å². The van der Waals surface area contributed by atoms with Gasteiger partial charge in [-0.2, -0.15) is 0 Å². The number of carbonyl (C=O) groups excluding carboxylic acids is 1. The number of benzene rings is 1. The zero-order valence-corrected chi connectivity index (χ0v) is 14.3. The number of carboxylic acid groups (broad SMARTS) is 1. The van der Waals surface area contributed by atoms with E-state index in [2.05, 4.69) is 5.32 Å². The Balaban J connectivity index is 2.19. The van der Waals surface area contributed by atoms with Gasteiger partial charge in [-0.15, -0.1) is 0 Å². The lowest BCUT2D eigenvalue weighted by atomic mass is 9.97. The van der Waals surface area contributed by atoms with Gasteiger partial charge < -0.3 is 15.2 Å². The minimum atomic E-state index is -1.00. The van der Waals surface area contributed by atoms with Gasteiger partial charge in [-0.1, -0.05) is 0 Å². The number of aromatic nitrogens is 1. The molecule has 2 N–H and O–H groups in total. The molecule has 1 aromatic heterocycles. The predicted octanol–water partition coefficient (Wildman–Crippen LogP) is 2.36. The fraction of sp³-hybridized carbons (Fsp3) is 0.444. The van der Waals surface area contributed by atoms with Crippen LogP contribution < -0.4 is 10.1 Å². The van der Waals surface area contributed by atoms with Crippen LogP contribution in [0.4, 0.5) is 4.39 Å². The summed E-state index contributed by atoms with van der Waals surface area (Å²) in [5, 5.41) is 13.0. The van der Waals surface area contributed by atoms with E-state index in [0.717, 1.165) is 13.1 Å². The number of piperidine rings is 1. The normalized spacial score (nSPS) is 15.5. The molecular formula is C18H21FN2O4. The molecule has 0 saturated carbocycles. The van der Waals surface area contributed by atoms with Gasteiger partial charge in [0, 0.05) is 23.1 Å². The lowest BCUT2D eigenvalue weighted by Crippen LogP contribution is -2.34. The highest BCUT2D eigenvalue weighted by molar-refractivity contribution is 5.99. The van der Waals surface area contributed by atoms with Crippen LogP contribution in [0.2, 0.25) is 0 Å². The highest BCUT2D eigenvalue weighted by Gasteiger charge is 2.28. The summed E-state index contributed by atoms with van der Waals surface area (Å²) in [4.78, 5) is 24.3. The van der Waals surface area contributed by atoms with Crippen molar-refractivity contribution in [3.05, 3.63) is 29.2 Å². The first-order valence-corrected chi connectivity index (χ1v) is 8.28.